The van der Waals surface area contributed by atoms with Crippen molar-refractivity contribution in [3.8, 4) is 0 Å². The molecule has 0 saturated carbocycles. The van der Waals surface area contributed by atoms with Crippen LogP contribution in [0.25, 0.3) is 6.08 Å². The molecule has 1 aromatic rings. The molecular formula is C22H29N3O3. The van der Waals surface area contributed by atoms with Crippen molar-refractivity contribution < 1.29 is 14.3 Å². The highest BCUT2D eigenvalue weighted by atomic mass is 16.6. The number of allylic oxidation sites excluding steroid dienone is 2. The van der Waals surface area contributed by atoms with Crippen LogP contribution in [0.5, 0.6) is 0 Å². The fraction of sp³-hybridized carbons (Fsp3) is 0.455. The molecular weight excluding hydrogens is 354 g/mol. The van der Waals surface area contributed by atoms with E-state index in [-0.39, 0.29) is 0 Å². The van der Waals surface area contributed by atoms with Crippen LogP contribution in [0, 0.1) is 0 Å². The molecule has 0 atom stereocenters. The largest absolute Gasteiger partial charge is 0.443 e. The first-order valence-corrected chi connectivity index (χ1v) is 9.76. The number of rotatable bonds is 4. The fourth-order valence-electron chi connectivity index (χ4n) is 3.39. The third-order valence-electron chi connectivity index (χ3n) is 4.51. The van der Waals surface area contributed by atoms with Crippen LogP contribution < -0.4 is 5.43 Å². The van der Waals surface area contributed by atoms with E-state index < -0.39 is 11.7 Å². The summed E-state index contributed by atoms with van der Waals surface area (Å²) in [6, 6.07) is 10.3. The van der Waals surface area contributed by atoms with Gasteiger partial charge in [0.15, 0.2) is 0 Å². The first-order valence-electron chi connectivity index (χ1n) is 9.76. The number of hydrogen-bond donors (Lipinski definition) is 1. The van der Waals surface area contributed by atoms with E-state index in [4.69, 9.17) is 9.47 Å². The molecule has 150 valence electrons. The molecule has 0 aromatic heterocycles. The van der Waals surface area contributed by atoms with Crippen LogP contribution in [-0.4, -0.2) is 49.1 Å². The minimum absolute atomic E-state index is 0.545. The molecule has 1 fully saturated rings. The highest BCUT2D eigenvalue weighted by molar-refractivity contribution is 5.84. The van der Waals surface area contributed by atoms with Crippen molar-refractivity contribution in [2.24, 2.45) is 5.10 Å². The van der Waals surface area contributed by atoms with Gasteiger partial charge in [-0.1, -0.05) is 30.3 Å². The number of nitrogens with one attached hydrogen (secondary N) is 1. The number of carbonyl (C=O) groups is 1. The molecule has 1 amide bonds. The Hall–Kier alpha value is -2.60. The zero-order valence-corrected chi connectivity index (χ0v) is 16.9. The van der Waals surface area contributed by atoms with Crippen molar-refractivity contribution in [3.63, 3.8) is 0 Å². The highest BCUT2D eigenvalue weighted by Gasteiger charge is 2.25. The number of benzene rings is 1. The van der Waals surface area contributed by atoms with Crippen LogP contribution >= 0.6 is 0 Å². The summed E-state index contributed by atoms with van der Waals surface area (Å²) in [4.78, 5) is 14.2. The minimum atomic E-state index is -0.546. The molecule has 1 N–H and O–H groups in total. The lowest BCUT2D eigenvalue weighted by molar-refractivity contribution is 0.0529. The number of amides is 1. The van der Waals surface area contributed by atoms with E-state index in [1.807, 2.05) is 39.0 Å². The van der Waals surface area contributed by atoms with E-state index in [1.54, 1.807) is 6.21 Å². The van der Waals surface area contributed by atoms with Crippen molar-refractivity contribution in [1.29, 1.82) is 0 Å². The first-order chi connectivity index (χ1) is 13.4. The molecule has 1 aromatic carbocycles. The second kappa shape index (κ2) is 9.06. The molecule has 1 aliphatic heterocycles. The van der Waals surface area contributed by atoms with Gasteiger partial charge in [0.25, 0.3) is 0 Å². The summed E-state index contributed by atoms with van der Waals surface area (Å²) in [6.07, 6.45) is 5.29. The maximum Gasteiger partial charge on any atom is 0.428 e. The molecule has 2 aliphatic rings. The predicted molar refractivity (Wildman–Crippen MR) is 111 cm³/mol. The zero-order chi connectivity index (χ0) is 20.0. The van der Waals surface area contributed by atoms with Crippen molar-refractivity contribution in [3.05, 3.63) is 52.7 Å². The molecule has 6 nitrogen and oxygen atoms in total. The van der Waals surface area contributed by atoms with Crippen molar-refractivity contribution >= 4 is 18.4 Å². The summed E-state index contributed by atoms with van der Waals surface area (Å²) in [7, 11) is 0. The number of hydrazone groups is 1. The number of nitrogens with zero attached hydrogens (tertiary/aromatic N) is 2. The van der Waals surface area contributed by atoms with Crippen molar-refractivity contribution in [1.82, 2.24) is 10.3 Å². The Morgan fingerprint density at radius 3 is 2.57 bits per heavy atom. The molecule has 0 spiro atoms. The van der Waals surface area contributed by atoms with Crippen molar-refractivity contribution in [2.75, 3.05) is 26.3 Å². The highest BCUT2D eigenvalue weighted by Crippen LogP contribution is 2.34. The SMILES string of the molecule is CC(C)(C)OC(=O)N/N=C/C1=C(N2CCOCC2)C(=C/c2ccccc2)/CC1. The van der Waals surface area contributed by atoms with Gasteiger partial charge in [0.1, 0.15) is 5.60 Å². The molecule has 28 heavy (non-hydrogen) atoms. The van der Waals surface area contributed by atoms with Gasteiger partial charge in [-0.3, -0.25) is 0 Å². The molecule has 0 unspecified atom stereocenters. The summed E-state index contributed by atoms with van der Waals surface area (Å²) in [6.45, 7) is 8.65. The summed E-state index contributed by atoms with van der Waals surface area (Å²) >= 11 is 0. The average Bonchev–Trinajstić information content (AvgIpc) is 3.04. The maximum atomic E-state index is 11.8. The van der Waals surface area contributed by atoms with Crippen LogP contribution in [0.2, 0.25) is 0 Å². The number of morpholine rings is 1. The van der Waals surface area contributed by atoms with E-state index in [9.17, 15) is 4.79 Å². The van der Waals surface area contributed by atoms with Gasteiger partial charge in [-0.25, -0.2) is 10.2 Å². The Morgan fingerprint density at radius 2 is 1.89 bits per heavy atom. The lowest BCUT2D eigenvalue weighted by Crippen LogP contribution is -2.36. The second-order valence-corrected chi connectivity index (χ2v) is 7.93. The molecule has 6 heteroatoms. The quantitative estimate of drug-likeness (QED) is 0.631. The lowest BCUT2D eigenvalue weighted by Gasteiger charge is -2.31. The number of carbonyl (C=O) groups excluding carboxylic acids is 1. The molecule has 0 radical (unpaired) electrons. The van der Waals surface area contributed by atoms with Gasteiger partial charge in [0.05, 0.1) is 19.4 Å². The smallest absolute Gasteiger partial charge is 0.428 e. The van der Waals surface area contributed by atoms with Gasteiger partial charge in [-0.05, 0) is 56.4 Å². The van der Waals surface area contributed by atoms with Gasteiger partial charge in [0.2, 0.25) is 0 Å². The second-order valence-electron chi connectivity index (χ2n) is 7.93. The van der Waals surface area contributed by atoms with Crippen LogP contribution in [0.1, 0.15) is 39.2 Å². The van der Waals surface area contributed by atoms with E-state index in [2.05, 4.69) is 33.6 Å². The van der Waals surface area contributed by atoms with E-state index in [1.165, 1.54) is 16.8 Å². The van der Waals surface area contributed by atoms with Crippen LogP contribution in [-0.2, 0) is 9.47 Å². The minimum Gasteiger partial charge on any atom is -0.443 e. The molecule has 1 aliphatic carbocycles. The molecule has 0 bridgehead atoms. The molecule has 1 heterocycles. The average molecular weight is 383 g/mol. The Bertz CT molecular complexity index is 770. The monoisotopic (exact) mass is 383 g/mol. The van der Waals surface area contributed by atoms with Crippen LogP contribution in [0.4, 0.5) is 4.79 Å². The number of ether oxygens (including phenoxy) is 2. The van der Waals surface area contributed by atoms with E-state index >= 15 is 0 Å². The third-order valence-corrected chi connectivity index (χ3v) is 4.51. The van der Waals surface area contributed by atoms with Gasteiger partial charge in [-0.2, -0.15) is 5.10 Å². The summed E-state index contributed by atoms with van der Waals surface area (Å²) < 4.78 is 10.7. The number of hydrogen-bond acceptors (Lipinski definition) is 5. The molecule has 1 saturated heterocycles. The predicted octanol–water partition coefficient (Wildman–Crippen LogP) is 3.96. The summed E-state index contributed by atoms with van der Waals surface area (Å²) in [5.74, 6) is 0. The molecule has 3 rings (SSSR count). The maximum absolute atomic E-state index is 11.8. The lowest BCUT2D eigenvalue weighted by atomic mass is 10.1. The fourth-order valence-corrected chi connectivity index (χ4v) is 3.39. The van der Waals surface area contributed by atoms with Gasteiger partial charge >= 0.3 is 6.09 Å². The first kappa shape index (κ1) is 20.1. The Kier molecular flexibility index (Phi) is 6.52. The summed E-state index contributed by atoms with van der Waals surface area (Å²) in [5, 5.41) is 4.13. The standard InChI is InChI=1S/C22H29N3O3/c1-22(2,3)28-21(26)24-23-16-19-10-9-18(15-17-7-5-4-6-8-17)20(19)25-11-13-27-14-12-25/h4-8,15-16H,9-14H2,1-3H3,(H,24,26)/b18-15+,23-16+. The van der Waals surface area contributed by atoms with E-state index in [0.29, 0.717) is 0 Å². The van der Waals surface area contributed by atoms with Crippen LogP contribution in [0.3, 0.4) is 0 Å². The Labute approximate surface area is 166 Å². The van der Waals surface area contributed by atoms with Gasteiger partial charge in [0, 0.05) is 18.8 Å². The Balaban J connectivity index is 1.80. The topological polar surface area (TPSA) is 63.2 Å². The van der Waals surface area contributed by atoms with E-state index in [0.717, 1.165) is 44.7 Å². The third kappa shape index (κ3) is 5.70. The van der Waals surface area contributed by atoms with Gasteiger partial charge < -0.3 is 14.4 Å². The van der Waals surface area contributed by atoms with Crippen LogP contribution in [0.15, 0.2) is 52.3 Å². The van der Waals surface area contributed by atoms with Gasteiger partial charge in [-0.15, -0.1) is 0 Å². The summed E-state index contributed by atoms with van der Waals surface area (Å²) in [5.41, 5.74) is 6.74. The Morgan fingerprint density at radius 1 is 1.18 bits per heavy atom. The normalized spacial score (nSPS) is 19.5. The zero-order valence-electron chi connectivity index (χ0n) is 16.9. The van der Waals surface area contributed by atoms with Crippen molar-refractivity contribution in [2.45, 2.75) is 39.2 Å².